The van der Waals surface area contributed by atoms with Gasteiger partial charge < -0.3 is 4.74 Å². The van der Waals surface area contributed by atoms with Crippen LogP contribution in [0.3, 0.4) is 0 Å². The van der Waals surface area contributed by atoms with Crippen molar-refractivity contribution in [2.24, 2.45) is 0 Å². The average Bonchev–Trinajstić information content (AvgIpc) is 2.36. The molecule has 1 aromatic rings. The minimum Gasteiger partial charge on any atom is -0.446 e. The highest BCUT2D eigenvalue weighted by Gasteiger charge is 2.26. The second kappa shape index (κ2) is 6.28. The fraction of sp³-hybridized carbons (Fsp3) is 0.300. The monoisotopic (exact) mass is 269 g/mol. The van der Waals surface area contributed by atoms with Gasteiger partial charge in [0.1, 0.15) is 6.54 Å². The molecule has 0 saturated carbocycles. The van der Waals surface area contributed by atoms with E-state index in [-0.39, 0.29) is 18.8 Å². The quantitative estimate of drug-likeness (QED) is 0.593. The third-order valence-corrected chi connectivity index (χ3v) is 2.16. The Labute approximate surface area is 107 Å². The van der Waals surface area contributed by atoms with E-state index in [2.05, 4.69) is 4.74 Å². The average molecular weight is 269 g/mol. The van der Waals surface area contributed by atoms with Crippen LogP contribution in [0.4, 0.5) is 10.5 Å². The number of rotatable bonds is 5. The van der Waals surface area contributed by atoms with E-state index in [1.807, 2.05) is 0 Å². The minimum absolute atomic E-state index is 0.0173. The SMILES string of the molecule is CCOC(=O)N(Cc1ccc([N+](=O)[O-])cc1)[N+](=O)[O-]. The van der Waals surface area contributed by atoms with E-state index in [9.17, 15) is 25.0 Å². The fourth-order valence-electron chi connectivity index (χ4n) is 1.28. The summed E-state index contributed by atoms with van der Waals surface area (Å²) in [6, 6.07) is 5.10. The zero-order chi connectivity index (χ0) is 14.4. The van der Waals surface area contributed by atoms with Gasteiger partial charge in [-0.25, -0.2) is 14.9 Å². The third kappa shape index (κ3) is 3.91. The van der Waals surface area contributed by atoms with Crippen LogP contribution in [0.1, 0.15) is 12.5 Å². The van der Waals surface area contributed by atoms with Crippen molar-refractivity contribution in [3.63, 3.8) is 0 Å². The van der Waals surface area contributed by atoms with Crippen LogP contribution in [-0.4, -0.2) is 27.7 Å². The summed E-state index contributed by atoms with van der Waals surface area (Å²) >= 11 is 0. The van der Waals surface area contributed by atoms with Gasteiger partial charge in [-0.05, 0) is 17.5 Å². The maximum Gasteiger partial charge on any atom is 0.468 e. The number of nitro groups is 2. The van der Waals surface area contributed by atoms with Gasteiger partial charge in [0, 0.05) is 12.1 Å². The van der Waals surface area contributed by atoms with E-state index in [0.29, 0.717) is 10.6 Å². The molecule has 1 amide bonds. The predicted octanol–water partition coefficient (Wildman–Crippen LogP) is 1.74. The Morgan fingerprint density at radius 1 is 1.26 bits per heavy atom. The normalized spacial score (nSPS) is 9.74. The number of hydrogen-bond donors (Lipinski definition) is 0. The molecule has 0 aliphatic rings. The van der Waals surface area contributed by atoms with Gasteiger partial charge >= 0.3 is 6.09 Å². The van der Waals surface area contributed by atoms with E-state index in [1.54, 1.807) is 0 Å². The van der Waals surface area contributed by atoms with Gasteiger partial charge in [-0.3, -0.25) is 10.1 Å². The largest absolute Gasteiger partial charge is 0.468 e. The molecule has 0 aliphatic heterocycles. The molecule has 0 aromatic heterocycles. The zero-order valence-electron chi connectivity index (χ0n) is 10.0. The smallest absolute Gasteiger partial charge is 0.446 e. The lowest BCUT2D eigenvalue weighted by Gasteiger charge is -2.11. The Morgan fingerprint density at radius 2 is 1.84 bits per heavy atom. The zero-order valence-corrected chi connectivity index (χ0v) is 10.0. The minimum atomic E-state index is -1.08. The Balaban J connectivity index is 2.82. The van der Waals surface area contributed by atoms with Gasteiger partial charge in [0.15, 0.2) is 5.03 Å². The number of hydrazine groups is 1. The number of carbonyl (C=O) groups is 1. The summed E-state index contributed by atoms with van der Waals surface area (Å²) in [6.07, 6.45) is -1.08. The lowest BCUT2D eigenvalue weighted by Crippen LogP contribution is -2.36. The van der Waals surface area contributed by atoms with Gasteiger partial charge in [0.2, 0.25) is 0 Å². The summed E-state index contributed by atoms with van der Waals surface area (Å²) in [5.41, 5.74) is 0.253. The van der Waals surface area contributed by atoms with Crippen molar-refractivity contribution in [1.82, 2.24) is 5.01 Å². The Hall–Kier alpha value is -2.71. The molecular formula is C10H11N3O6. The molecule has 0 aliphatic carbocycles. The third-order valence-electron chi connectivity index (χ3n) is 2.16. The van der Waals surface area contributed by atoms with Crippen molar-refractivity contribution in [2.45, 2.75) is 13.5 Å². The van der Waals surface area contributed by atoms with Crippen LogP contribution in [0.2, 0.25) is 0 Å². The predicted molar refractivity (Wildman–Crippen MR) is 62.7 cm³/mol. The maximum atomic E-state index is 11.3. The van der Waals surface area contributed by atoms with Gasteiger partial charge in [-0.2, -0.15) is 0 Å². The standard InChI is InChI=1S/C10H11N3O6/c1-2-19-10(14)11(13(17)18)7-8-3-5-9(6-4-8)12(15)16/h3-6H,2,7H2,1H3. The molecule has 0 N–H and O–H groups in total. The van der Waals surface area contributed by atoms with E-state index in [4.69, 9.17) is 0 Å². The topological polar surface area (TPSA) is 116 Å². The second-order valence-corrected chi connectivity index (χ2v) is 3.42. The number of carbonyl (C=O) groups excluding carboxylic acids is 1. The molecule has 9 nitrogen and oxygen atoms in total. The fourth-order valence-corrected chi connectivity index (χ4v) is 1.28. The number of non-ortho nitro benzene ring substituents is 1. The molecule has 0 heterocycles. The van der Waals surface area contributed by atoms with Crippen molar-refractivity contribution in [3.8, 4) is 0 Å². The van der Waals surface area contributed by atoms with Crippen molar-refractivity contribution >= 4 is 11.8 Å². The summed E-state index contributed by atoms with van der Waals surface area (Å²) in [6.45, 7) is 1.22. The highest BCUT2D eigenvalue weighted by Crippen LogP contribution is 2.14. The van der Waals surface area contributed by atoms with Crippen LogP contribution in [0, 0.1) is 20.2 Å². The molecule has 1 rings (SSSR count). The molecular weight excluding hydrogens is 258 g/mol. The highest BCUT2D eigenvalue weighted by atomic mass is 16.7. The number of benzene rings is 1. The molecule has 0 atom stereocenters. The highest BCUT2D eigenvalue weighted by molar-refractivity contribution is 5.66. The van der Waals surface area contributed by atoms with Gasteiger partial charge in [-0.15, -0.1) is 0 Å². The van der Waals surface area contributed by atoms with Crippen LogP contribution in [0.5, 0.6) is 0 Å². The molecule has 102 valence electrons. The van der Waals surface area contributed by atoms with E-state index >= 15 is 0 Å². The van der Waals surface area contributed by atoms with Crippen LogP contribution in [0.25, 0.3) is 0 Å². The first-order chi connectivity index (χ1) is 8.95. The van der Waals surface area contributed by atoms with Gasteiger partial charge in [0.05, 0.1) is 11.5 Å². The summed E-state index contributed by atoms with van der Waals surface area (Å²) in [7, 11) is 0. The number of ether oxygens (including phenoxy) is 1. The first-order valence-corrected chi connectivity index (χ1v) is 5.27. The second-order valence-electron chi connectivity index (χ2n) is 3.42. The van der Waals surface area contributed by atoms with Crippen molar-refractivity contribution in [1.29, 1.82) is 0 Å². The molecule has 0 radical (unpaired) electrons. The first kappa shape index (κ1) is 14.4. The Morgan fingerprint density at radius 3 is 2.26 bits per heavy atom. The van der Waals surface area contributed by atoms with Crippen LogP contribution in [0.15, 0.2) is 24.3 Å². The molecule has 19 heavy (non-hydrogen) atoms. The number of nitrogens with zero attached hydrogens (tertiary/aromatic N) is 3. The number of hydrogen-bond acceptors (Lipinski definition) is 6. The molecule has 0 fully saturated rings. The lowest BCUT2D eigenvalue weighted by atomic mass is 10.2. The summed E-state index contributed by atoms with van der Waals surface area (Å²) in [5.74, 6) is 0. The van der Waals surface area contributed by atoms with E-state index < -0.39 is 16.0 Å². The molecule has 0 bridgehead atoms. The van der Waals surface area contributed by atoms with Gasteiger partial charge in [-0.1, -0.05) is 12.1 Å². The van der Waals surface area contributed by atoms with Gasteiger partial charge in [0.25, 0.3) is 5.69 Å². The van der Waals surface area contributed by atoms with Crippen LogP contribution < -0.4 is 0 Å². The Bertz CT molecular complexity index is 487. The summed E-state index contributed by atoms with van der Waals surface area (Å²) < 4.78 is 4.54. The van der Waals surface area contributed by atoms with Crippen LogP contribution in [-0.2, 0) is 11.3 Å². The van der Waals surface area contributed by atoms with Crippen molar-refractivity contribution in [2.75, 3.05) is 6.61 Å². The first-order valence-electron chi connectivity index (χ1n) is 5.27. The lowest BCUT2D eigenvalue weighted by molar-refractivity contribution is -0.639. The molecule has 1 aromatic carbocycles. The number of nitro benzene ring substituents is 1. The van der Waals surface area contributed by atoms with Crippen molar-refractivity contribution in [3.05, 3.63) is 50.1 Å². The summed E-state index contributed by atoms with van der Waals surface area (Å²) in [5, 5.41) is 20.6. The molecule has 9 heteroatoms. The van der Waals surface area contributed by atoms with E-state index in [1.165, 1.54) is 31.2 Å². The molecule has 0 saturated heterocycles. The Kier molecular flexibility index (Phi) is 4.75. The number of amides is 1. The summed E-state index contributed by atoms with van der Waals surface area (Å²) in [4.78, 5) is 31.9. The van der Waals surface area contributed by atoms with E-state index in [0.717, 1.165) is 0 Å². The van der Waals surface area contributed by atoms with Crippen LogP contribution >= 0.6 is 0 Å². The molecule has 0 spiro atoms. The van der Waals surface area contributed by atoms with Crippen molar-refractivity contribution < 1.29 is 19.5 Å². The molecule has 0 unspecified atom stereocenters. The maximum absolute atomic E-state index is 11.3.